The Balaban J connectivity index is 1.58. The summed E-state index contributed by atoms with van der Waals surface area (Å²) in [4.78, 5) is 6.61. The molecule has 2 fully saturated rings. The van der Waals surface area contributed by atoms with Crippen LogP contribution in [0, 0.1) is 6.92 Å². The number of hydrogen-bond donors (Lipinski definition) is 0. The lowest BCUT2D eigenvalue weighted by molar-refractivity contribution is 0.181. The molecule has 0 unspecified atom stereocenters. The smallest absolute Gasteiger partial charge is 0.217 e. The Morgan fingerprint density at radius 3 is 2.55 bits per heavy atom. The minimum atomic E-state index is -3.00. The number of sulfonamides is 1. The number of piperazine rings is 1. The predicted octanol–water partition coefficient (Wildman–Crippen LogP) is 1.000. The van der Waals surface area contributed by atoms with Gasteiger partial charge in [-0.15, -0.1) is 0 Å². The number of aromatic nitrogens is 1. The number of nitrogens with zero attached hydrogens (tertiary/aromatic N) is 3. The van der Waals surface area contributed by atoms with Gasteiger partial charge in [-0.25, -0.2) is 8.42 Å². The van der Waals surface area contributed by atoms with E-state index in [-0.39, 0.29) is 5.25 Å². The fourth-order valence-electron chi connectivity index (χ4n) is 2.64. The first-order valence-electron chi connectivity index (χ1n) is 7.19. The molecule has 0 bridgehead atoms. The average Bonchev–Trinajstić information content (AvgIpc) is 3.27. The van der Waals surface area contributed by atoms with E-state index in [1.165, 1.54) is 5.56 Å². The van der Waals surface area contributed by atoms with E-state index in [4.69, 9.17) is 0 Å². The average molecular weight is 295 g/mol. The van der Waals surface area contributed by atoms with E-state index < -0.39 is 10.0 Å². The summed E-state index contributed by atoms with van der Waals surface area (Å²) in [6, 6.07) is 4.05. The van der Waals surface area contributed by atoms with E-state index in [9.17, 15) is 8.42 Å². The third-order valence-corrected chi connectivity index (χ3v) is 6.55. The summed E-state index contributed by atoms with van der Waals surface area (Å²) in [6.07, 6.45) is 3.49. The molecular weight excluding hydrogens is 274 g/mol. The Kier molecular flexibility index (Phi) is 3.79. The molecule has 1 saturated carbocycles. The number of aryl methyl sites for hydroxylation is 1. The van der Waals surface area contributed by atoms with Crippen LogP contribution in [-0.2, 0) is 16.6 Å². The van der Waals surface area contributed by atoms with Gasteiger partial charge in [0, 0.05) is 44.6 Å². The summed E-state index contributed by atoms with van der Waals surface area (Å²) in [6.45, 7) is 5.73. The molecule has 1 aromatic heterocycles. The summed E-state index contributed by atoms with van der Waals surface area (Å²) in [5, 5.41) is -0.0883. The van der Waals surface area contributed by atoms with E-state index in [0.29, 0.717) is 13.1 Å². The molecule has 1 aliphatic carbocycles. The molecule has 110 valence electrons. The van der Waals surface area contributed by atoms with E-state index in [1.807, 2.05) is 13.0 Å². The number of hydrogen-bond acceptors (Lipinski definition) is 4. The molecule has 1 aliphatic heterocycles. The van der Waals surface area contributed by atoms with Crippen LogP contribution < -0.4 is 0 Å². The monoisotopic (exact) mass is 295 g/mol. The zero-order valence-corrected chi connectivity index (χ0v) is 12.6. The van der Waals surface area contributed by atoms with E-state index in [0.717, 1.165) is 38.2 Å². The van der Waals surface area contributed by atoms with Crippen molar-refractivity contribution in [3.05, 3.63) is 29.6 Å². The lowest BCUT2D eigenvalue weighted by Crippen LogP contribution is -2.49. The van der Waals surface area contributed by atoms with Crippen molar-refractivity contribution in [2.24, 2.45) is 0 Å². The molecule has 0 spiro atoms. The van der Waals surface area contributed by atoms with E-state index in [1.54, 1.807) is 10.5 Å². The van der Waals surface area contributed by atoms with Gasteiger partial charge in [-0.1, -0.05) is 6.07 Å². The topological polar surface area (TPSA) is 53.5 Å². The predicted molar refractivity (Wildman–Crippen MR) is 77.8 cm³/mol. The zero-order chi connectivity index (χ0) is 14.2. The van der Waals surface area contributed by atoms with Gasteiger partial charge in [0.1, 0.15) is 0 Å². The van der Waals surface area contributed by atoms with Gasteiger partial charge in [-0.3, -0.25) is 9.88 Å². The Morgan fingerprint density at radius 1 is 1.25 bits per heavy atom. The number of rotatable bonds is 4. The fraction of sp³-hybridized carbons (Fsp3) is 0.643. The molecule has 1 saturated heterocycles. The van der Waals surface area contributed by atoms with Crippen LogP contribution in [0.25, 0.3) is 0 Å². The SMILES string of the molecule is Cc1ncccc1CN1CCN(S(=O)(=O)C2CC2)CC1. The molecule has 0 amide bonds. The van der Waals surface area contributed by atoms with E-state index >= 15 is 0 Å². The van der Waals surface area contributed by atoms with Crippen LogP contribution in [0.15, 0.2) is 18.3 Å². The van der Waals surface area contributed by atoms with Crippen molar-refractivity contribution in [3.8, 4) is 0 Å². The Morgan fingerprint density at radius 2 is 1.95 bits per heavy atom. The summed E-state index contributed by atoms with van der Waals surface area (Å²) in [5.41, 5.74) is 2.28. The normalized spacial score (nSPS) is 22.1. The van der Waals surface area contributed by atoms with Crippen molar-refractivity contribution in [1.29, 1.82) is 0 Å². The van der Waals surface area contributed by atoms with Crippen molar-refractivity contribution >= 4 is 10.0 Å². The van der Waals surface area contributed by atoms with Crippen LogP contribution in [0.5, 0.6) is 0 Å². The molecular formula is C14H21N3O2S. The van der Waals surface area contributed by atoms with Gasteiger partial charge in [-0.05, 0) is 31.4 Å². The molecule has 2 heterocycles. The first-order chi connectivity index (χ1) is 9.57. The molecule has 5 nitrogen and oxygen atoms in total. The fourth-order valence-corrected chi connectivity index (χ4v) is 4.47. The molecule has 3 rings (SSSR count). The van der Waals surface area contributed by atoms with Gasteiger partial charge in [0.2, 0.25) is 10.0 Å². The van der Waals surface area contributed by atoms with Crippen LogP contribution in [0.4, 0.5) is 0 Å². The van der Waals surface area contributed by atoms with Gasteiger partial charge in [-0.2, -0.15) is 4.31 Å². The van der Waals surface area contributed by atoms with Crippen molar-refractivity contribution < 1.29 is 8.42 Å². The second-order valence-electron chi connectivity index (χ2n) is 5.67. The Hall–Kier alpha value is -0.980. The molecule has 0 N–H and O–H groups in total. The highest BCUT2D eigenvalue weighted by Crippen LogP contribution is 2.31. The van der Waals surface area contributed by atoms with Crippen molar-refractivity contribution in [2.45, 2.75) is 31.6 Å². The minimum Gasteiger partial charge on any atom is -0.296 e. The second kappa shape index (κ2) is 5.42. The van der Waals surface area contributed by atoms with Crippen LogP contribution in [0.3, 0.4) is 0 Å². The van der Waals surface area contributed by atoms with Crippen molar-refractivity contribution in [3.63, 3.8) is 0 Å². The highest BCUT2D eigenvalue weighted by atomic mass is 32.2. The zero-order valence-electron chi connectivity index (χ0n) is 11.8. The standard InChI is InChI=1S/C14H21N3O2S/c1-12-13(3-2-6-15-12)11-16-7-9-17(10-8-16)20(18,19)14-4-5-14/h2-3,6,14H,4-5,7-11H2,1H3. The maximum absolute atomic E-state index is 12.2. The second-order valence-corrected chi connectivity index (χ2v) is 7.88. The molecule has 0 aromatic carbocycles. The van der Waals surface area contributed by atoms with Crippen LogP contribution in [0.1, 0.15) is 24.1 Å². The lowest BCUT2D eigenvalue weighted by atomic mass is 10.2. The van der Waals surface area contributed by atoms with Crippen LogP contribution in [-0.4, -0.2) is 54.0 Å². The van der Waals surface area contributed by atoms with Gasteiger partial charge >= 0.3 is 0 Å². The minimum absolute atomic E-state index is 0.0883. The Labute approximate surface area is 120 Å². The molecule has 2 aliphatic rings. The van der Waals surface area contributed by atoms with Gasteiger partial charge < -0.3 is 0 Å². The first kappa shape index (κ1) is 14.0. The summed E-state index contributed by atoms with van der Waals surface area (Å²) >= 11 is 0. The lowest BCUT2D eigenvalue weighted by Gasteiger charge is -2.34. The quantitative estimate of drug-likeness (QED) is 0.831. The summed E-state index contributed by atoms with van der Waals surface area (Å²) in [5.74, 6) is 0. The number of pyridine rings is 1. The summed E-state index contributed by atoms with van der Waals surface area (Å²) < 4.78 is 26.0. The highest BCUT2D eigenvalue weighted by Gasteiger charge is 2.40. The maximum atomic E-state index is 12.2. The van der Waals surface area contributed by atoms with Gasteiger partial charge in [0.15, 0.2) is 0 Å². The largest absolute Gasteiger partial charge is 0.296 e. The van der Waals surface area contributed by atoms with Gasteiger partial charge in [0.25, 0.3) is 0 Å². The molecule has 0 radical (unpaired) electrons. The summed E-state index contributed by atoms with van der Waals surface area (Å²) in [7, 11) is -3.00. The molecule has 0 atom stereocenters. The third kappa shape index (κ3) is 2.87. The highest BCUT2D eigenvalue weighted by molar-refractivity contribution is 7.90. The molecule has 20 heavy (non-hydrogen) atoms. The third-order valence-electron chi connectivity index (χ3n) is 4.15. The first-order valence-corrected chi connectivity index (χ1v) is 8.69. The Bertz CT molecular complexity index is 576. The van der Waals surface area contributed by atoms with Gasteiger partial charge in [0.05, 0.1) is 5.25 Å². The van der Waals surface area contributed by atoms with E-state index in [2.05, 4.69) is 16.0 Å². The van der Waals surface area contributed by atoms with Crippen LogP contribution >= 0.6 is 0 Å². The van der Waals surface area contributed by atoms with Crippen molar-refractivity contribution in [1.82, 2.24) is 14.2 Å². The maximum Gasteiger partial charge on any atom is 0.217 e. The molecule has 6 heteroatoms. The van der Waals surface area contributed by atoms with Crippen LogP contribution in [0.2, 0.25) is 0 Å². The molecule has 1 aromatic rings. The van der Waals surface area contributed by atoms with Crippen molar-refractivity contribution in [2.75, 3.05) is 26.2 Å².